The van der Waals surface area contributed by atoms with Crippen LogP contribution in [-0.2, 0) is 16.6 Å². The number of ether oxygens (including phenoxy) is 2. The lowest BCUT2D eigenvalue weighted by atomic mass is 10.0. The second-order valence-corrected chi connectivity index (χ2v) is 10.7. The van der Waals surface area contributed by atoms with Crippen molar-refractivity contribution in [3.63, 3.8) is 0 Å². The Balaban J connectivity index is 1.72. The number of oxazole rings is 1. The average molecular weight is 523 g/mol. The van der Waals surface area contributed by atoms with Crippen molar-refractivity contribution in [1.29, 1.82) is 0 Å². The minimum absolute atomic E-state index is 0.00960. The quantitative estimate of drug-likeness (QED) is 0.431. The molecule has 2 aromatic carbocycles. The Hall–Kier alpha value is -2.53. The molecule has 1 aliphatic heterocycles. The summed E-state index contributed by atoms with van der Waals surface area (Å²) in [5.74, 6) is 1.39. The number of anilines is 1. The lowest BCUT2D eigenvalue weighted by Crippen LogP contribution is -2.43. The van der Waals surface area contributed by atoms with Crippen molar-refractivity contribution in [2.24, 2.45) is 5.14 Å². The summed E-state index contributed by atoms with van der Waals surface area (Å²) >= 11 is 6.16. The van der Waals surface area contributed by atoms with E-state index in [1.807, 2.05) is 39.0 Å². The van der Waals surface area contributed by atoms with Gasteiger partial charge in [-0.2, -0.15) is 4.98 Å². The van der Waals surface area contributed by atoms with Crippen LogP contribution in [-0.4, -0.2) is 45.2 Å². The van der Waals surface area contributed by atoms with Gasteiger partial charge < -0.3 is 24.1 Å². The van der Waals surface area contributed by atoms with Gasteiger partial charge >= 0.3 is 0 Å². The molecule has 35 heavy (non-hydrogen) atoms. The van der Waals surface area contributed by atoms with Crippen LogP contribution in [0.1, 0.15) is 39.2 Å². The Labute approximate surface area is 210 Å². The van der Waals surface area contributed by atoms with Crippen LogP contribution in [0.2, 0.25) is 5.02 Å². The maximum atomic E-state index is 11.9. The van der Waals surface area contributed by atoms with Crippen molar-refractivity contribution in [3.05, 3.63) is 40.9 Å². The van der Waals surface area contributed by atoms with Gasteiger partial charge in [-0.1, -0.05) is 17.7 Å². The van der Waals surface area contributed by atoms with Gasteiger partial charge in [0.25, 0.3) is 6.01 Å². The first-order valence-corrected chi connectivity index (χ1v) is 13.6. The van der Waals surface area contributed by atoms with Crippen LogP contribution < -0.4 is 24.8 Å². The molecule has 0 bridgehead atoms. The minimum atomic E-state index is -4.00. The number of aromatic nitrogens is 1. The van der Waals surface area contributed by atoms with Gasteiger partial charge in [-0.3, -0.25) is 0 Å². The summed E-state index contributed by atoms with van der Waals surface area (Å²) in [6, 6.07) is 9.28. The summed E-state index contributed by atoms with van der Waals surface area (Å²) in [6.07, 6.45) is 1.85. The van der Waals surface area contributed by atoms with E-state index in [4.69, 9.17) is 30.6 Å². The van der Waals surface area contributed by atoms with Crippen molar-refractivity contribution in [2.45, 2.75) is 57.2 Å². The maximum absolute atomic E-state index is 11.9. The highest BCUT2D eigenvalue weighted by atomic mass is 35.5. The summed E-state index contributed by atoms with van der Waals surface area (Å²) in [5, 5.41) is 8.69. The zero-order valence-electron chi connectivity index (χ0n) is 20.1. The molecule has 0 spiro atoms. The number of nitrogens with two attached hydrogens (primary N) is 1. The number of benzene rings is 2. The first kappa shape index (κ1) is 25.6. The summed E-state index contributed by atoms with van der Waals surface area (Å²) in [6.45, 7) is 8.70. The molecule has 11 heteroatoms. The molecule has 1 aliphatic rings. The fraction of sp³-hybridized carbons (Fsp3) is 0.458. The fourth-order valence-electron chi connectivity index (χ4n) is 4.20. The number of nitrogens with one attached hydrogen (secondary N) is 1. The van der Waals surface area contributed by atoms with Crippen molar-refractivity contribution in [1.82, 2.24) is 10.3 Å². The number of piperidine rings is 1. The van der Waals surface area contributed by atoms with E-state index in [0.717, 1.165) is 31.5 Å². The zero-order chi connectivity index (χ0) is 25.2. The summed E-state index contributed by atoms with van der Waals surface area (Å²) < 4.78 is 41.6. The molecule has 9 nitrogen and oxygen atoms in total. The molecule has 3 aromatic rings. The number of hydrogen-bond donors (Lipinski definition) is 2. The molecule has 1 saturated heterocycles. The number of hydrogen-bond acceptors (Lipinski definition) is 8. The van der Waals surface area contributed by atoms with E-state index in [1.54, 1.807) is 0 Å². The number of rotatable bonds is 9. The van der Waals surface area contributed by atoms with Gasteiger partial charge in [-0.05, 0) is 70.5 Å². The molecule has 0 aliphatic carbocycles. The van der Waals surface area contributed by atoms with Crippen LogP contribution in [0.25, 0.3) is 11.1 Å². The highest BCUT2D eigenvalue weighted by Gasteiger charge is 2.27. The third-order valence-corrected chi connectivity index (χ3v) is 7.13. The smallest absolute Gasteiger partial charge is 0.298 e. The van der Waals surface area contributed by atoms with Crippen LogP contribution in [0.15, 0.2) is 39.6 Å². The second kappa shape index (κ2) is 10.6. The molecular formula is C24H31ClN4O5S. The normalized spacial score (nSPS) is 15.0. The monoisotopic (exact) mass is 522 g/mol. The summed E-state index contributed by atoms with van der Waals surface area (Å²) in [4.78, 5) is 6.57. The topological polar surface area (TPSA) is 120 Å². The zero-order valence-corrected chi connectivity index (χ0v) is 21.7. The molecule has 0 radical (unpaired) electrons. The molecule has 0 atom stereocenters. The number of fused-ring (bicyclic) bond motifs is 1. The Bertz CT molecular complexity index is 1290. The van der Waals surface area contributed by atoms with Gasteiger partial charge in [-0.25, -0.2) is 13.6 Å². The molecule has 0 saturated carbocycles. The highest BCUT2D eigenvalue weighted by molar-refractivity contribution is 7.89. The van der Waals surface area contributed by atoms with E-state index in [0.29, 0.717) is 41.8 Å². The Morgan fingerprint density at radius 1 is 1.23 bits per heavy atom. The Morgan fingerprint density at radius 3 is 2.63 bits per heavy atom. The minimum Gasteiger partial charge on any atom is -0.490 e. The maximum Gasteiger partial charge on any atom is 0.298 e. The van der Waals surface area contributed by atoms with Crippen molar-refractivity contribution in [2.75, 3.05) is 24.6 Å². The van der Waals surface area contributed by atoms with Gasteiger partial charge in [0, 0.05) is 18.7 Å². The van der Waals surface area contributed by atoms with E-state index in [2.05, 4.69) is 15.2 Å². The van der Waals surface area contributed by atoms with Crippen molar-refractivity contribution in [3.8, 4) is 11.5 Å². The molecule has 4 rings (SSSR count). The lowest BCUT2D eigenvalue weighted by Gasteiger charge is -2.33. The van der Waals surface area contributed by atoms with Crippen molar-refractivity contribution >= 4 is 38.7 Å². The molecule has 2 heterocycles. The van der Waals surface area contributed by atoms with Crippen LogP contribution in [0.4, 0.5) is 6.01 Å². The molecule has 1 fully saturated rings. The second-order valence-electron chi connectivity index (χ2n) is 8.78. The predicted molar refractivity (Wildman–Crippen MR) is 136 cm³/mol. The first-order chi connectivity index (χ1) is 16.7. The van der Waals surface area contributed by atoms with Crippen LogP contribution >= 0.6 is 11.6 Å². The Kier molecular flexibility index (Phi) is 7.75. The van der Waals surface area contributed by atoms with E-state index < -0.39 is 10.0 Å². The number of sulfonamides is 1. The standard InChI is InChI=1S/C24H31ClN4O5S/c1-4-32-22-11-16(5-6-20(22)33-15(2)3)14-29(17-7-9-27-10-8-17)24-28-19-12-18(25)23(35(26,30)31)13-21(19)34-24/h5-6,11-13,15,17,27H,4,7-10,14H2,1-3H3,(H2,26,30,31). The van der Waals surface area contributed by atoms with Gasteiger partial charge in [0.05, 0.1) is 17.7 Å². The van der Waals surface area contributed by atoms with Gasteiger partial charge in [0.1, 0.15) is 10.4 Å². The molecule has 3 N–H and O–H groups in total. The largest absolute Gasteiger partial charge is 0.490 e. The third kappa shape index (κ3) is 6.00. The third-order valence-electron chi connectivity index (χ3n) is 5.76. The Morgan fingerprint density at radius 2 is 1.97 bits per heavy atom. The lowest BCUT2D eigenvalue weighted by molar-refractivity contribution is 0.223. The predicted octanol–water partition coefficient (Wildman–Crippen LogP) is 4.07. The van der Waals surface area contributed by atoms with Crippen LogP contribution in [0, 0.1) is 0 Å². The van der Waals surface area contributed by atoms with Crippen LogP contribution in [0.5, 0.6) is 11.5 Å². The average Bonchev–Trinajstić information content (AvgIpc) is 3.21. The van der Waals surface area contributed by atoms with Crippen molar-refractivity contribution < 1.29 is 22.3 Å². The number of primary sulfonamides is 1. The van der Waals surface area contributed by atoms with E-state index in [1.165, 1.54) is 12.1 Å². The van der Waals surface area contributed by atoms with E-state index in [-0.39, 0.29) is 22.1 Å². The van der Waals surface area contributed by atoms with E-state index >= 15 is 0 Å². The highest BCUT2D eigenvalue weighted by Crippen LogP contribution is 2.34. The van der Waals surface area contributed by atoms with Gasteiger partial charge in [0.2, 0.25) is 10.0 Å². The SMILES string of the molecule is CCOc1cc(CN(c2nc3cc(Cl)c(S(N)(=O)=O)cc3o2)C2CCNCC2)ccc1OC(C)C. The van der Waals surface area contributed by atoms with Gasteiger partial charge in [0.15, 0.2) is 17.1 Å². The van der Waals surface area contributed by atoms with E-state index in [9.17, 15) is 8.42 Å². The molecule has 0 amide bonds. The molecule has 190 valence electrons. The molecule has 1 aromatic heterocycles. The summed E-state index contributed by atoms with van der Waals surface area (Å²) in [7, 11) is -4.00. The molecule has 0 unspecified atom stereocenters. The number of nitrogens with zero attached hydrogens (tertiary/aromatic N) is 2. The van der Waals surface area contributed by atoms with Crippen LogP contribution in [0.3, 0.4) is 0 Å². The van der Waals surface area contributed by atoms with Gasteiger partial charge in [-0.15, -0.1) is 0 Å². The first-order valence-electron chi connectivity index (χ1n) is 11.7. The summed E-state index contributed by atoms with van der Waals surface area (Å²) in [5.41, 5.74) is 1.78. The number of halogens is 1. The fourth-order valence-corrected chi connectivity index (χ4v) is 5.28. The molecular weight excluding hydrogens is 492 g/mol.